The normalized spacial score (nSPS) is 11.4. The second-order valence-electron chi connectivity index (χ2n) is 3.70. The van der Waals surface area contributed by atoms with Crippen LogP contribution in [0.1, 0.15) is 12.2 Å². The van der Waals surface area contributed by atoms with Crippen molar-refractivity contribution in [2.45, 2.75) is 12.6 Å². The second kappa shape index (κ2) is 7.39. The number of carbonyl (C=O) groups excluding carboxylic acids is 1. The van der Waals surface area contributed by atoms with E-state index in [0.29, 0.717) is 24.7 Å². The first-order chi connectivity index (χ1) is 9.38. The van der Waals surface area contributed by atoms with Gasteiger partial charge in [-0.3, -0.25) is 4.79 Å². The Kier molecular flexibility index (Phi) is 6.14. The summed E-state index contributed by atoms with van der Waals surface area (Å²) in [7, 11) is 2.72. The van der Waals surface area contributed by atoms with Crippen LogP contribution >= 0.6 is 11.5 Å². The highest BCUT2D eigenvalue weighted by atomic mass is 32.1. The third-order valence-corrected chi connectivity index (χ3v) is 3.10. The molecule has 0 radical (unpaired) electrons. The smallest absolute Gasteiger partial charge is 0.452 e. The van der Waals surface area contributed by atoms with E-state index in [1.807, 2.05) is 0 Å². The molecule has 0 saturated carbocycles. The number of hydrogen-bond acceptors (Lipinski definition) is 7. The standard InChI is InChI=1S/C10H14F3N3O3S/c1-18-6-5-16(4-3-7(17)19-2)9-14-8(15-20-9)10(11,12)13/h3-6H2,1-2H3. The van der Waals surface area contributed by atoms with Gasteiger partial charge in [-0.1, -0.05) is 0 Å². The van der Waals surface area contributed by atoms with E-state index in [-0.39, 0.29) is 18.1 Å². The third kappa shape index (κ3) is 4.93. The highest BCUT2D eigenvalue weighted by molar-refractivity contribution is 7.09. The molecule has 0 atom stereocenters. The van der Waals surface area contributed by atoms with Crippen LogP contribution in [0.3, 0.4) is 0 Å². The summed E-state index contributed by atoms with van der Waals surface area (Å²) in [6.45, 7) is 0.782. The summed E-state index contributed by atoms with van der Waals surface area (Å²) < 4.78 is 50.0. The summed E-state index contributed by atoms with van der Waals surface area (Å²) >= 11 is 0.631. The first-order valence-corrected chi connectivity index (χ1v) is 6.37. The van der Waals surface area contributed by atoms with E-state index in [9.17, 15) is 18.0 Å². The molecule has 1 rings (SSSR count). The zero-order valence-corrected chi connectivity index (χ0v) is 11.8. The van der Waals surface area contributed by atoms with Crippen molar-refractivity contribution < 1.29 is 27.4 Å². The van der Waals surface area contributed by atoms with Crippen molar-refractivity contribution in [1.82, 2.24) is 9.36 Å². The molecule has 0 saturated heterocycles. The third-order valence-electron chi connectivity index (χ3n) is 2.32. The van der Waals surface area contributed by atoms with Gasteiger partial charge >= 0.3 is 12.1 Å². The van der Waals surface area contributed by atoms with E-state index >= 15 is 0 Å². The van der Waals surface area contributed by atoms with Gasteiger partial charge in [-0.2, -0.15) is 22.5 Å². The van der Waals surface area contributed by atoms with Gasteiger partial charge in [0, 0.05) is 31.7 Å². The number of halogens is 3. The van der Waals surface area contributed by atoms with E-state index in [0.717, 1.165) is 0 Å². The topological polar surface area (TPSA) is 64.5 Å². The van der Waals surface area contributed by atoms with Crippen molar-refractivity contribution in [2.75, 3.05) is 38.8 Å². The number of ether oxygens (including phenoxy) is 2. The van der Waals surface area contributed by atoms with Gasteiger partial charge in [-0.15, -0.1) is 0 Å². The summed E-state index contributed by atoms with van der Waals surface area (Å²) in [5.74, 6) is -1.63. The van der Waals surface area contributed by atoms with Crippen LogP contribution in [0.15, 0.2) is 0 Å². The predicted octanol–water partition coefficient (Wildman–Crippen LogP) is 1.57. The largest absolute Gasteiger partial charge is 0.469 e. The van der Waals surface area contributed by atoms with Crippen LogP contribution in [0.4, 0.5) is 18.3 Å². The van der Waals surface area contributed by atoms with Gasteiger partial charge < -0.3 is 14.4 Å². The lowest BCUT2D eigenvalue weighted by atomic mass is 10.4. The minimum absolute atomic E-state index is 0.0428. The molecule has 1 aromatic rings. The molecule has 1 heterocycles. The summed E-state index contributed by atoms with van der Waals surface area (Å²) in [6.07, 6.45) is -4.54. The van der Waals surface area contributed by atoms with Crippen LogP contribution in [0.5, 0.6) is 0 Å². The van der Waals surface area contributed by atoms with Gasteiger partial charge in [0.25, 0.3) is 0 Å². The lowest BCUT2D eigenvalue weighted by Crippen LogP contribution is -2.30. The summed E-state index contributed by atoms with van der Waals surface area (Å²) in [5, 5.41) is 0.0956. The molecule has 114 valence electrons. The van der Waals surface area contributed by atoms with Crippen molar-refractivity contribution in [3.8, 4) is 0 Å². The zero-order chi connectivity index (χ0) is 15.2. The second-order valence-corrected chi connectivity index (χ2v) is 4.43. The number of methoxy groups -OCH3 is 2. The summed E-state index contributed by atoms with van der Waals surface area (Å²) in [6, 6.07) is 0. The van der Waals surface area contributed by atoms with Crippen LogP contribution in [0, 0.1) is 0 Å². The van der Waals surface area contributed by atoms with Crippen molar-refractivity contribution in [3.05, 3.63) is 5.82 Å². The maximum Gasteiger partial charge on any atom is 0.452 e. The average Bonchev–Trinajstić information content (AvgIpc) is 2.88. The maximum atomic E-state index is 12.4. The molecule has 0 aliphatic rings. The van der Waals surface area contributed by atoms with Crippen molar-refractivity contribution in [3.63, 3.8) is 0 Å². The maximum absolute atomic E-state index is 12.4. The van der Waals surface area contributed by atoms with E-state index in [1.54, 1.807) is 0 Å². The number of carbonyl (C=O) groups is 1. The van der Waals surface area contributed by atoms with Crippen molar-refractivity contribution >= 4 is 22.6 Å². The Balaban J connectivity index is 2.76. The van der Waals surface area contributed by atoms with Crippen LogP contribution < -0.4 is 4.90 Å². The SMILES string of the molecule is COCCN(CCC(=O)OC)c1nc(C(F)(F)F)ns1. The first kappa shape index (κ1) is 16.6. The Morgan fingerprint density at radius 3 is 2.55 bits per heavy atom. The number of rotatable bonds is 7. The molecule has 20 heavy (non-hydrogen) atoms. The van der Waals surface area contributed by atoms with Crippen LogP contribution in [0.2, 0.25) is 0 Å². The van der Waals surface area contributed by atoms with E-state index in [1.165, 1.54) is 19.1 Å². The molecule has 1 aromatic heterocycles. The molecule has 0 aliphatic heterocycles. The molecule has 10 heteroatoms. The fourth-order valence-electron chi connectivity index (χ4n) is 1.29. The van der Waals surface area contributed by atoms with Crippen LogP contribution in [-0.2, 0) is 20.4 Å². The van der Waals surface area contributed by atoms with Crippen molar-refractivity contribution in [2.24, 2.45) is 0 Å². The van der Waals surface area contributed by atoms with Crippen LogP contribution in [0.25, 0.3) is 0 Å². The molecule has 0 unspecified atom stereocenters. The Labute approximate surface area is 117 Å². The van der Waals surface area contributed by atoms with Gasteiger partial charge in [0.2, 0.25) is 11.0 Å². The fraction of sp³-hybridized carbons (Fsp3) is 0.700. The minimum atomic E-state index is -4.58. The first-order valence-electron chi connectivity index (χ1n) is 5.60. The van der Waals surface area contributed by atoms with E-state index < -0.39 is 18.0 Å². The van der Waals surface area contributed by atoms with Gasteiger partial charge in [0.15, 0.2) is 0 Å². The molecule has 0 aliphatic carbocycles. The van der Waals surface area contributed by atoms with Crippen molar-refractivity contribution in [1.29, 1.82) is 0 Å². The molecule has 0 spiro atoms. The Morgan fingerprint density at radius 2 is 2.05 bits per heavy atom. The van der Waals surface area contributed by atoms with Gasteiger partial charge in [0.05, 0.1) is 20.1 Å². The molecule has 6 nitrogen and oxygen atoms in total. The fourth-order valence-corrected chi connectivity index (χ4v) is 2.03. The highest BCUT2D eigenvalue weighted by Gasteiger charge is 2.36. The predicted molar refractivity (Wildman–Crippen MR) is 65.6 cm³/mol. The zero-order valence-electron chi connectivity index (χ0n) is 10.9. The number of nitrogens with zero attached hydrogens (tertiary/aromatic N) is 3. The molecule has 0 amide bonds. The number of hydrogen-bond donors (Lipinski definition) is 0. The lowest BCUT2D eigenvalue weighted by Gasteiger charge is -2.20. The highest BCUT2D eigenvalue weighted by Crippen LogP contribution is 2.30. The summed E-state index contributed by atoms with van der Waals surface area (Å²) in [4.78, 5) is 16.0. The Hall–Kier alpha value is -1.42. The van der Waals surface area contributed by atoms with E-state index in [4.69, 9.17) is 4.74 Å². The van der Waals surface area contributed by atoms with Gasteiger partial charge in [-0.25, -0.2) is 0 Å². The Bertz CT molecular complexity index is 439. The molecule has 0 fully saturated rings. The molecule has 0 N–H and O–H groups in total. The van der Waals surface area contributed by atoms with Gasteiger partial charge in [-0.05, 0) is 0 Å². The monoisotopic (exact) mass is 313 g/mol. The van der Waals surface area contributed by atoms with Crippen LogP contribution in [-0.4, -0.2) is 49.2 Å². The molecule has 0 aromatic carbocycles. The minimum Gasteiger partial charge on any atom is -0.469 e. The number of esters is 1. The lowest BCUT2D eigenvalue weighted by molar-refractivity contribution is -0.144. The van der Waals surface area contributed by atoms with Gasteiger partial charge in [0.1, 0.15) is 0 Å². The number of alkyl halides is 3. The molecule has 0 bridgehead atoms. The molecular weight excluding hydrogens is 299 g/mol. The quantitative estimate of drug-likeness (QED) is 0.712. The number of aromatic nitrogens is 2. The molecular formula is C10H14F3N3O3S. The number of anilines is 1. The Morgan fingerprint density at radius 1 is 1.35 bits per heavy atom. The average molecular weight is 313 g/mol. The summed E-state index contributed by atoms with van der Waals surface area (Å²) in [5.41, 5.74) is 0. The van der Waals surface area contributed by atoms with E-state index in [2.05, 4.69) is 14.1 Å².